The van der Waals surface area contributed by atoms with E-state index in [-0.39, 0.29) is 5.70 Å². The number of rotatable bonds is 5. The van der Waals surface area contributed by atoms with Crippen LogP contribution in [0.3, 0.4) is 0 Å². The smallest absolute Gasteiger partial charge is 0.352 e. The number of nitrogens with one attached hydrogen (secondary N) is 1. The number of carboxylic acids is 1. The van der Waals surface area contributed by atoms with Crippen LogP contribution in [0.2, 0.25) is 0 Å². The number of benzene rings is 1. The van der Waals surface area contributed by atoms with Crippen LogP contribution in [0.4, 0.5) is 0 Å². The summed E-state index contributed by atoms with van der Waals surface area (Å²) in [4.78, 5) is 33.0. The number of carbonyl (C=O) groups is 2. The standard InChI is InChI=1S/C16H16N4O4S2/c1-24-16(17)13(23)20-11(12(21)22)8(6-25-14(16)20)7-26-15-18-9-4-2-3-5-10(9)19-15/h2-5,14H,6-7,17H2,1H3,(H,18,19)(H,21,22)/t14-,16?/m0/s1. The van der Waals surface area contributed by atoms with Gasteiger partial charge < -0.3 is 14.8 Å². The Morgan fingerprint density at radius 1 is 1.58 bits per heavy atom. The van der Waals surface area contributed by atoms with Crippen molar-refractivity contribution in [3.63, 3.8) is 0 Å². The first kappa shape index (κ1) is 17.4. The Morgan fingerprint density at radius 2 is 2.35 bits per heavy atom. The zero-order valence-electron chi connectivity index (χ0n) is 13.8. The third-order valence-electron chi connectivity index (χ3n) is 4.44. The average Bonchev–Trinajstić information content (AvgIpc) is 3.07. The van der Waals surface area contributed by atoms with Gasteiger partial charge in [0, 0.05) is 18.6 Å². The van der Waals surface area contributed by atoms with E-state index < -0.39 is 23.0 Å². The fourth-order valence-electron chi connectivity index (χ4n) is 3.07. The normalized spacial score (nSPS) is 25.4. The van der Waals surface area contributed by atoms with Gasteiger partial charge in [-0.2, -0.15) is 0 Å². The van der Waals surface area contributed by atoms with Crippen molar-refractivity contribution in [3.8, 4) is 0 Å². The summed E-state index contributed by atoms with van der Waals surface area (Å²) >= 11 is 2.81. The second kappa shape index (κ2) is 6.31. The molecule has 1 unspecified atom stereocenters. The Kier molecular flexibility index (Phi) is 4.22. The van der Waals surface area contributed by atoms with E-state index in [4.69, 9.17) is 10.5 Å². The van der Waals surface area contributed by atoms with Gasteiger partial charge in [-0.05, 0) is 17.7 Å². The van der Waals surface area contributed by atoms with Crippen LogP contribution < -0.4 is 5.73 Å². The van der Waals surface area contributed by atoms with E-state index in [9.17, 15) is 14.7 Å². The highest BCUT2D eigenvalue weighted by Crippen LogP contribution is 2.45. The largest absolute Gasteiger partial charge is 0.477 e. The van der Waals surface area contributed by atoms with Gasteiger partial charge in [0.1, 0.15) is 11.1 Å². The van der Waals surface area contributed by atoms with Crippen molar-refractivity contribution in [2.24, 2.45) is 5.73 Å². The summed E-state index contributed by atoms with van der Waals surface area (Å²) in [5, 5.41) is 9.81. The summed E-state index contributed by atoms with van der Waals surface area (Å²) in [7, 11) is 1.35. The zero-order chi connectivity index (χ0) is 18.5. The van der Waals surface area contributed by atoms with Gasteiger partial charge in [-0.15, -0.1) is 11.8 Å². The van der Waals surface area contributed by atoms with Crippen LogP contribution in [0, 0.1) is 0 Å². The summed E-state index contributed by atoms with van der Waals surface area (Å²) in [6.07, 6.45) is 0. The number of aliphatic carboxylic acids is 1. The van der Waals surface area contributed by atoms with Crippen LogP contribution in [0.1, 0.15) is 0 Å². The topological polar surface area (TPSA) is 122 Å². The highest BCUT2D eigenvalue weighted by molar-refractivity contribution is 8.01. The predicted molar refractivity (Wildman–Crippen MR) is 98.5 cm³/mol. The number of imidazole rings is 1. The molecule has 1 amide bonds. The predicted octanol–water partition coefficient (Wildman–Crippen LogP) is 1.21. The molecule has 2 aliphatic rings. The van der Waals surface area contributed by atoms with Crippen molar-refractivity contribution >= 4 is 46.4 Å². The molecule has 0 radical (unpaired) electrons. The van der Waals surface area contributed by atoms with Gasteiger partial charge in [0.15, 0.2) is 5.16 Å². The number of carboxylic acid groups (broad SMARTS) is 1. The summed E-state index contributed by atoms with van der Waals surface area (Å²) in [5.74, 6) is -0.788. The maximum atomic E-state index is 12.3. The number of hydrogen-bond acceptors (Lipinski definition) is 7. The maximum absolute atomic E-state index is 12.3. The molecule has 10 heteroatoms. The molecular formula is C16H16N4O4S2. The average molecular weight is 392 g/mol. The van der Waals surface area contributed by atoms with Crippen LogP contribution in [0.25, 0.3) is 11.0 Å². The van der Waals surface area contributed by atoms with Gasteiger partial charge in [-0.3, -0.25) is 15.4 Å². The summed E-state index contributed by atoms with van der Waals surface area (Å²) in [5.41, 5.74) is 6.93. The molecule has 0 saturated carbocycles. The monoisotopic (exact) mass is 392 g/mol. The van der Waals surface area contributed by atoms with E-state index in [1.807, 2.05) is 24.3 Å². The number of β-lactam (4-membered cyclic amide) rings is 1. The molecule has 4 N–H and O–H groups in total. The molecule has 1 aromatic heterocycles. The number of aromatic nitrogens is 2. The first-order chi connectivity index (χ1) is 12.5. The van der Waals surface area contributed by atoms with E-state index in [0.717, 1.165) is 11.0 Å². The van der Waals surface area contributed by atoms with Crippen LogP contribution in [-0.4, -0.2) is 61.6 Å². The van der Waals surface area contributed by atoms with Gasteiger partial charge in [0.05, 0.1) is 11.0 Å². The number of para-hydroxylation sites is 2. The Morgan fingerprint density at radius 3 is 3.04 bits per heavy atom. The number of carbonyl (C=O) groups excluding carboxylic acids is 1. The Labute approximate surface area is 157 Å². The molecule has 0 bridgehead atoms. The lowest BCUT2D eigenvalue weighted by Crippen LogP contribution is -2.78. The minimum absolute atomic E-state index is 0.000450. The highest BCUT2D eigenvalue weighted by Gasteiger charge is 2.63. The molecule has 1 fully saturated rings. The first-order valence-corrected chi connectivity index (χ1v) is 9.81. The van der Waals surface area contributed by atoms with Crippen molar-refractivity contribution in [2.45, 2.75) is 16.3 Å². The molecule has 0 spiro atoms. The molecule has 1 aromatic carbocycles. The molecule has 0 aliphatic carbocycles. The molecule has 1 saturated heterocycles. The van der Waals surface area contributed by atoms with E-state index in [1.54, 1.807) is 0 Å². The van der Waals surface area contributed by atoms with Crippen molar-refractivity contribution in [1.29, 1.82) is 0 Å². The molecule has 136 valence electrons. The molecule has 2 aliphatic heterocycles. The van der Waals surface area contributed by atoms with Crippen molar-refractivity contribution in [1.82, 2.24) is 14.9 Å². The lowest BCUT2D eigenvalue weighted by molar-refractivity contribution is -0.182. The lowest BCUT2D eigenvalue weighted by atomic mass is 10.00. The Bertz CT molecular complexity index is 910. The van der Waals surface area contributed by atoms with Gasteiger partial charge >= 0.3 is 5.97 Å². The quantitative estimate of drug-likeness (QED) is 0.394. The summed E-state index contributed by atoms with van der Waals surface area (Å²) in [6.45, 7) is 0. The number of aromatic amines is 1. The Balaban J connectivity index is 1.58. The second-order valence-corrected chi connectivity index (χ2v) is 7.97. The molecule has 8 nitrogen and oxygen atoms in total. The highest BCUT2D eigenvalue weighted by atomic mass is 32.2. The number of thioether (sulfide) groups is 2. The van der Waals surface area contributed by atoms with Crippen molar-refractivity contribution in [3.05, 3.63) is 35.5 Å². The Hall–Kier alpha value is -2.01. The van der Waals surface area contributed by atoms with Gasteiger partial charge in [0.25, 0.3) is 5.91 Å². The van der Waals surface area contributed by atoms with Crippen molar-refractivity contribution in [2.75, 3.05) is 18.6 Å². The number of H-pyrrole nitrogens is 1. The zero-order valence-corrected chi connectivity index (χ0v) is 15.4. The van der Waals surface area contributed by atoms with Gasteiger partial charge in [-0.1, -0.05) is 23.9 Å². The summed E-state index contributed by atoms with van der Waals surface area (Å²) < 4.78 is 5.11. The lowest BCUT2D eigenvalue weighted by Gasteiger charge is -2.54. The van der Waals surface area contributed by atoms with Crippen LogP contribution in [-0.2, 0) is 14.3 Å². The van der Waals surface area contributed by atoms with E-state index in [0.29, 0.717) is 22.2 Å². The van der Waals surface area contributed by atoms with Gasteiger partial charge in [-0.25, -0.2) is 9.78 Å². The number of nitrogens with two attached hydrogens (primary N) is 1. The number of ether oxygens (including phenoxy) is 1. The van der Waals surface area contributed by atoms with E-state index in [1.165, 1.54) is 35.5 Å². The maximum Gasteiger partial charge on any atom is 0.352 e. The molecule has 4 rings (SSSR count). The minimum Gasteiger partial charge on any atom is -0.477 e. The third kappa shape index (κ3) is 2.52. The van der Waals surface area contributed by atoms with Gasteiger partial charge in [0.2, 0.25) is 5.72 Å². The SMILES string of the molecule is COC1(N)C(=O)N2C(C(=O)O)=C(CSc3nc4ccccc4[nH]3)CS[C@H]21. The molecule has 2 aromatic rings. The van der Waals surface area contributed by atoms with E-state index in [2.05, 4.69) is 9.97 Å². The van der Waals surface area contributed by atoms with Crippen LogP contribution in [0.5, 0.6) is 0 Å². The minimum atomic E-state index is -1.46. The number of methoxy groups -OCH3 is 1. The van der Waals surface area contributed by atoms with Crippen LogP contribution >= 0.6 is 23.5 Å². The number of amides is 1. The van der Waals surface area contributed by atoms with Crippen LogP contribution in [0.15, 0.2) is 40.7 Å². The fourth-order valence-corrected chi connectivity index (χ4v) is 5.48. The summed E-state index contributed by atoms with van der Waals surface area (Å²) in [6, 6.07) is 7.66. The first-order valence-electron chi connectivity index (χ1n) is 7.78. The number of fused-ring (bicyclic) bond motifs is 2. The number of hydrogen-bond donors (Lipinski definition) is 3. The fraction of sp³-hybridized carbons (Fsp3) is 0.312. The second-order valence-electron chi connectivity index (χ2n) is 5.94. The third-order valence-corrected chi connectivity index (χ3v) is 6.79. The van der Waals surface area contributed by atoms with E-state index >= 15 is 0 Å². The number of nitrogens with zero attached hydrogens (tertiary/aromatic N) is 2. The molecule has 2 atom stereocenters. The van der Waals surface area contributed by atoms with Crippen molar-refractivity contribution < 1.29 is 19.4 Å². The molecular weight excluding hydrogens is 376 g/mol. The molecule has 3 heterocycles. The molecule has 26 heavy (non-hydrogen) atoms.